The third-order valence-electron chi connectivity index (χ3n) is 4.75. The van der Waals surface area contributed by atoms with Gasteiger partial charge in [0.15, 0.2) is 5.69 Å². The maximum absolute atomic E-state index is 12.7. The molecule has 10 heteroatoms. The molecule has 0 aliphatic heterocycles. The van der Waals surface area contributed by atoms with Gasteiger partial charge in [-0.05, 0) is 23.9 Å². The third-order valence-corrected chi connectivity index (χ3v) is 5.68. The number of rotatable bonds is 5. The van der Waals surface area contributed by atoms with Crippen molar-refractivity contribution in [2.24, 2.45) is 10.2 Å². The minimum Gasteiger partial charge on any atom is -0.506 e. The highest BCUT2D eigenvalue weighted by molar-refractivity contribution is 7.86. The van der Waals surface area contributed by atoms with Crippen LogP contribution in [0, 0.1) is 6.92 Å². The Balaban J connectivity index is 1.81. The van der Waals surface area contributed by atoms with E-state index in [4.69, 9.17) is 0 Å². The molecule has 31 heavy (non-hydrogen) atoms. The number of hydrogen-bond donors (Lipinski definition) is 3. The van der Waals surface area contributed by atoms with Crippen molar-refractivity contribution < 1.29 is 18.1 Å². The van der Waals surface area contributed by atoms with E-state index >= 15 is 0 Å². The number of phenolic OH excluding ortho intramolecular Hbond substituents is 1. The quantitative estimate of drug-likeness (QED) is 0.319. The first-order valence-electron chi connectivity index (χ1n) is 9.23. The fourth-order valence-corrected chi connectivity index (χ4v) is 4.19. The number of benzene rings is 3. The summed E-state index contributed by atoms with van der Waals surface area (Å²) in [6, 6.07) is 17.0. The zero-order valence-corrected chi connectivity index (χ0v) is 17.2. The zero-order valence-electron chi connectivity index (χ0n) is 16.3. The average Bonchev–Trinajstić information content (AvgIpc) is 2.98. The molecule has 3 aromatic carbocycles. The van der Waals surface area contributed by atoms with Crippen LogP contribution in [0.2, 0.25) is 0 Å². The van der Waals surface area contributed by atoms with Crippen LogP contribution in [-0.2, 0) is 16.7 Å². The van der Waals surface area contributed by atoms with Crippen LogP contribution >= 0.6 is 0 Å². The number of phenols is 1. The van der Waals surface area contributed by atoms with E-state index in [1.807, 2.05) is 30.3 Å². The summed E-state index contributed by atoms with van der Waals surface area (Å²) in [4.78, 5) is 12.2. The highest BCUT2D eigenvalue weighted by atomic mass is 32.2. The van der Waals surface area contributed by atoms with Gasteiger partial charge in [-0.2, -0.15) is 8.42 Å². The van der Waals surface area contributed by atoms with Crippen molar-refractivity contribution in [3.63, 3.8) is 0 Å². The number of aryl methyl sites for hydroxylation is 1. The maximum atomic E-state index is 12.7. The highest BCUT2D eigenvalue weighted by Crippen LogP contribution is 2.40. The summed E-state index contributed by atoms with van der Waals surface area (Å²) in [7, 11) is -4.75. The number of fused-ring (bicyclic) bond motifs is 1. The van der Waals surface area contributed by atoms with Crippen LogP contribution in [0.15, 0.2) is 80.6 Å². The molecule has 0 fully saturated rings. The van der Waals surface area contributed by atoms with Crippen LogP contribution in [0.5, 0.6) is 5.75 Å². The van der Waals surface area contributed by atoms with E-state index in [-0.39, 0.29) is 17.6 Å². The van der Waals surface area contributed by atoms with E-state index < -0.39 is 32.0 Å². The van der Waals surface area contributed by atoms with Crippen molar-refractivity contribution >= 4 is 32.3 Å². The second-order valence-corrected chi connectivity index (χ2v) is 8.29. The summed E-state index contributed by atoms with van der Waals surface area (Å²) in [5, 5.41) is 21.6. The van der Waals surface area contributed by atoms with Gasteiger partial charge >= 0.3 is 0 Å². The number of azo groups is 1. The Bertz CT molecular complexity index is 1470. The molecule has 4 aromatic rings. The molecule has 0 amide bonds. The van der Waals surface area contributed by atoms with E-state index in [9.17, 15) is 22.9 Å². The molecule has 9 nitrogen and oxygen atoms in total. The van der Waals surface area contributed by atoms with E-state index in [1.54, 1.807) is 25.1 Å². The first-order chi connectivity index (χ1) is 14.8. The van der Waals surface area contributed by atoms with Crippen molar-refractivity contribution in [1.82, 2.24) is 9.78 Å². The molecule has 1 heterocycles. The number of aromatic nitrogens is 2. The van der Waals surface area contributed by atoms with Crippen molar-refractivity contribution in [3.8, 4) is 5.75 Å². The third kappa shape index (κ3) is 3.98. The highest BCUT2D eigenvalue weighted by Gasteiger charge is 2.23. The lowest BCUT2D eigenvalue weighted by atomic mass is 10.1. The number of aromatic amines is 1. The first kappa shape index (κ1) is 20.5. The molecule has 158 valence electrons. The topological polar surface area (TPSA) is 137 Å². The van der Waals surface area contributed by atoms with Gasteiger partial charge < -0.3 is 5.11 Å². The van der Waals surface area contributed by atoms with Crippen molar-refractivity contribution in [2.45, 2.75) is 18.4 Å². The maximum Gasteiger partial charge on any atom is 0.297 e. The second-order valence-electron chi connectivity index (χ2n) is 6.93. The molecule has 0 radical (unpaired) electrons. The lowest BCUT2D eigenvalue weighted by molar-refractivity contribution is 0.469. The fraction of sp³-hybridized carbons (Fsp3) is 0.0952. The zero-order chi connectivity index (χ0) is 22.2. The van der Waals surface area contributed by atoms with Crippen molar-refractivity contribution in [2.75, 3.05) is 0 Å². The van der Waals surface area contributed by atoms with Gasteiger partial charge in [0.25, 0.3) is 15.7 Å². The number of nitrogens with one attached hydrogen (secondary N) is 1. The SMILES string of the molecule is Cc1[nH]n(Cc2ccccc2)c(=O)c1N=Nc1c(O)cc2ccccc2c1S(=O)(=O)O. The minimum absolute atomic E-state index is 0.0372. The van der Waals surface area contributed by atoms with Gasteiger partial charge in [-0.1, -0.05) is 54.6 Å². The Morgan fingerprint density at radius 3 is 2.35 bits per heavy atom. The van der Waals surface area contributed by atoms with Gasteiger partial charge in [0.1, 0.15) is 16.3 Å². The Hall–Kier alpha value is -3.76. The minimum atomic E-state index is -4.75. The van der Waals surface area contributed by atoms with Crippen LogP contribution in [0.3, 0.4) is 0 Å². The number of aromatic hydroxyl groups is 1. The van der Waals surface area contributed by atoms with Gasteiger partial charge in [0.05, 0.1) is 12.2 Å². The molecular formula is C21H18N4O5S. The second kappa shape index (κ2) is 7.82. The molecule has 0 saturated heterocycles. The number of H-pyrrole nitrogens is 1. The molecule has 0 bridgehead atoms. The Labute approximate surface area is 177 Å². The van der Waals surface area contributed by atoms with Crippen LogP contribution < -0.4 is 5.56 Å². The van der Waals surface area contributed by atoms with Crippen LogP contribution in [0.4, 0.5) is 11.4 Å². The summed E-state index contributed by atoms with van der Waals surface area (Å²) in [6.45, 7) is 1.91. The average molecular weight is 438 g/mol. The summed E-state index contributed by atoms with van der Waals surface area (Å²) in [5.74, 6) is -0.493. The lowest BCUT2D eigenvalue weighted by Gasteiger charge is -2.08. The molecule has 0 aliphatic carbocycles. The molecular weight excluding hydrogens is 420 g/mol. The van der Waals surface area contributed by atoms with Crippen molar-refractivity contribution in [3.05, 3.63) is 82.3 Å². The molecule has 0 unspecified atom stereocenters. The molecule has 1 aromatic heterocycles. The number of nitrogens with zero attached hydrogens (tertiary/aromatic N) is 3. The lowest BCUT2D eigenvalue weighted by Crippen LogP contribution is -2.17. The standard InChI is InChI=1S/C21H18N4O5S/c1-13-18(21(27)25(24-13)12-14-7-3-2-4-8-14)22-23-19-17(26)11-15-9-5-6-10-16(15)20(19)31(28,29)30/h2-11,24,26H,12H2,1H3,(H,28,29,30). The summed E-state index contributed by atoms with van der Waals surface area (Å²) >= 11 is 0. The van der Waals surface area contributed by atoms with Gasteiger partial charge in [-0.3, -0.25) is 14.4 Å². The van der Waals surface area contributed by atoms with Crippen molar-refractivity contribution in [1.29, 1.82) is 0 Å². The van der Waals surface area contributed by atoms with Gasteiger partial charge in [0.2, 0.25) is 0 Å². The first-order valence-corrected chi connectivity index (χ1v) is 10.7. The van der Waals surface area contributed by atoms with E-state index in [0.717, 1.165) is 5.56 Å². The molecule has 0 aliphatic rings. The molecule has 0 spiro atoms. The van der Waals surface area contributed by atoms with Crippen LogP contribution in [0.25, 0.3) is 10.8 Å². The summed E-state index contributed by atoms with van der Waals surface area (Å²) < 4.78 is 35.2. The van der Waals surface area contributed by atoms with Gasteiger partial charge in [0, 0.05) is 5.39 Å². The van der Waals surface area contributed by atoms with Gasteiger partial charge in [-0.25, -0.2) is 4.68 Å². The van der Waals surface area contributed by atoms with E-state index in [2.05, 4.69) is 15.3 Å². The fourth-order valence-electron chi connectivity index (χ4n) is 3.34. The molecule has 3 N–H and O–H groups in total. The molecule has 0 atom stereocenters. The van der Waals surface area contributed by atoms with Gasteiger partial charge in [-0.15, -0.1) is 10.2 Å². The Morgan fingerprint density at radius 1 is 1.00 bits per heavy atom. The summed E-state index contributed by atoms with van der Waals surface area (Å²) in [5.41, 5.74) is 0.368. The van der Waals surface area contributed by atoms with Crippen LogP contribution in [-0.4, -0.2) is 27.9 Å². The van der Waals surface area contributed by atoms with E-state index in [0.29, 0.717) is 11.1 Å². The normalized spacial score (nSPS) is 12.1. The smallest absolute Gasteiger partial charge is 0.297 e. The predicted octanol–water partition coefficient (Wildman–Crippen LogP) is 4.05. The summed E-state index contributed by atoms with van der Waals surface area (Å²) in [6.07, 6.45) is 0. The Kier molecular flexibility index (Phi) is 5.17. The largest absolute Gasteiger partial charge is 0.506 e. The predicted molar refractivity (Wildman–Crippen MR) is 115 cm³/mol. The Morgan fingerprint density at radius 2 is 1.65 bits per heavy atom. The molecule has 0 saturated carbocycles. The van der Waals surface area contributed by atoms with E-state index in [1.165, 1.54) is 16.8 Å². The number of hydrogen-bond acceptors (Lipinski definition) is 6. The molecule has 4 rings (SSSR count). The monoisotopic (exact) mass is 438 g/mol. The van der Waals surface area contributed by atoms with Crippen LogP contribution in [0.1, 0.15) is 11.3 Å².